The van der Waals surface area contributed by atoms with Crippen LogP contribution in [0.15, 0.2) is 24.3 Å². The zero-order valence-electron chi connectivity index (χ0n) is 7.50. The van der Waals surface area contributed by atoms with E-state index in [1.165, 1.54) is 6.08 Å². The highest BCUT2D eigenvalue weighted by atomic mass is 35.5. The number of anilines is 1. The molecule has 0 saturated heterocycles. The lowest BCUT2D eigenvalue weighted by molar-refractivity contribution is -0.138. The second kappa shape index (κ2) is 3.43. The first-order valence-electron chi connectivity index (χ1n) is 4.21. The van der Waals surface area contributed by atoms with E-state index in [2.05, 4.69) is 5.32 Å². The maximum Gasteiger partial charge on any atom is 0.349 e. The summed E-state index contributed by atoms with van der Waals surface area (Å²) >= 11 is 11.8. The second-order valence-electron chi connectivity index (χ2n) is 3.18. The SMILES string of the molecule is O=C(O)C1(Cl)C=Cc2cccc(Cl)c2N1. The summed E-state index contributed by atoms with van der Waals surface area (Å²) in [5.41, 5.74) is 1.36. The number of carboxylic acids is 1. The molecule has 1 aliphatic heterocycles. The quantitative estimate of drug-likeness (QED) is 0.589. The Morgan fingerprint density at radius 3 is 2.87 bits per heavy atom. The third-order valence-electron chi connectivity index (χ3n) is 2.16. The lowest BCUT2D eigenvalue weighted by Crippen LogP contribution is -2.40. The first kappa shape index (κ1) is 10.3. The molecule has 1 aromatic carbocycles. The predicted octanol–water partition coefficient (Wildman–Crippen LogP) is 2.80. The number of carboxylic acid groups (broad SMARTS) is 1. The molecule has 0 amide bonds. The molecule has 1 heterocycles. The molecule has 0 radical (unpaired) electrons. The lowest BCUT2D eigenvalue weighted by atomic mass is 10.1. The van der Waals surface area contributed by atoms with E-state index in [0.717, 1.165) is 5.56 Å². The zero-order valence-corrected chi connectivity index (χ0v) is 9.01. The summed E-state index contributed by atoms with van der Waals surface area (Å²) in [6.45, 7) is 0. The molecule has 2 rings (SSSR count). The highest BCUT2D eigenvalue weighted by Crippen LogP contribution is 2.35. The highest BCUT2D eigenvalue weighted by Gasteiger charge is 2.36. The van der Waals surface area contributed by atoms with Crippen LogP contribution in [0.2, 0.25) is 5.02 Å². The van der Waals surface area contributed by atoms with Crippen LogP contribution in [0.4, 0.5) is 5.69 Å². The molecule has 5 heteroatoms. The van der Waals surface area contributed by atoms with E-state index < -0.39 is 11.0 Å². The van der Waals surface area contributed by atoms with Crippen LogP contribution in [-0.4, -0.2) is 16.1 Å². The Morgan fingerprint density at radius 2 is 2.20 bits per heavy atom. The van der Waals surface area contributed by atoms with E-state index in [4.69, 9.17) is 28.3 Å². The lowest BCUT2D eigenvalue weighted by Gasteiger charge is -2.26. The molecule has 0 saturated carbocycles. The van der Waals surface area contributed by atoms with Crippen LogP contribution < -0.4 is 5.32 Å². The van der Waals surface area contributed by atoms with Gasteiger partial charge in [0.15, 0.2) is 0 Å². The minimum Gasteiger partial charge on any atom is -0.478 e. The van der Waals surface area contributed by atoms with Crippen molar-refractivity contribution in [2.75, 3.05) is 5.32 Å². The smallest absolute Gasteiger partial charge is 0.349 e. The Balaban J connectivity index is 2.50. The highest BCUT2D eigenvalue weighted by molar-refractivity contribution is 6.39. The van der Waals surface area contributed by atoms with Crippen LogP contribution >= 0.6 is 23.2 Å². The van der Waals surface area contributed by atoms with Crippen molar-refractivity contribution in [3.63, 3.8) is 0 Å². The summed E-state index contributed by atoms with van der Waals surface area (Å²) in [4.78, 5) is 9.30. The Morgan fingerprint density at radius 1 is 1.47 bits per heavy atom. The van der Waals surface area contributed by atoms with Gasteiger partial charge in [-0.15, -0.1) is 0 Å². The molecule has 3 nitrogen and oxygen atoms in total. The maximum atomic E-state index is 10.9. The van der Waals surface area contributed by atoms with Crippen LogP contribution in [0.5, 0.6) is 0 Å². The van der Waals surface area contributed by atoms with Crippen molar-refractivity contribution in [2.45, 2.75) is 5.00 Å². The van der Waals surface area contributed by atoms with E-state index in [9.17, 15) is 4.79 Å². The fraction of sp³-hybridized carbons (Fsp3) is 0.100. The number of nitrogens with one attached hydrogen (secondary N) is 1. The van der Waals surface area contributed by atoms with Crippen LogP contribution in [0.1, 0.15) is 5.56 Å². The van der Waals surface area contributed by atoms with Crippen molar-refractivity contribution in [1.82, 2.24) is 0 Å². The summed E-state index contributed by atoms with van der Waals surface area (Å²) in [7, 11) is 0. The number of hydrogen-bond donors (Lipinski definition) is 2. The van der Waals surface area contributed by atoms with Crippen molar-refractivity contribution in [3.8, 4) is 0 Å². The maximum absolute atomic E-state index is 10.9. The topological polar surface area (TPSA) is 49.3 Å². The van der Waals surface area contributed by atoms with Crippen molar-refractivity contribution in [3.05, 3.63) is 34.9 Å². The molecule has 15 heavy (non-hydrogen) atoms. The largest absolute Gasteiger partial charge is 0.478 e. The van der Waals surface area contributed by atoms with E-state index in [0.29, 0.717) is 10.7 Å². The molecule has 0 aromatic heterocycles. The molecule has 1 aromatic rings. The number of fused-ring (bicyclic) bond motifs is 1. The van der Waals surface area contributed by atoms with Gasteiger partial charge in [-0.1, -0.05) is 41.4 Å². The number of carbonyl (C=O) groups is 1. The van der Waals surface area contributed by atoms with E-state index >= 15 is 0 Å². The second-order valence-corrected chi connectivity index (χ2v) is 4.18. The third-order valence-corrected chi connectivity index (χ3v) is 2.85. The number of hydrogen-bond acceptors (Lipinski definition) is 2. The monoisotopic (exact) mass is 243 g/mol. The molecule has 0 spiro atoms. The molecular weight excluding hydrogens is 237 g/mol. The number of halogens is 2. The predicted molar refractivity (Wildman–Crippen MR) is 60.3 cm³/mol. The summed E-state index contributed by atoms with van der Waals surface area (Å²) in [5.74, 6) is -1.16. The first-order chi connectivity index (χ1) is 7.03. The van der Waals surface area contributed by atoms with Crippen LogP contribution in [0, 0.1) is 0 Å². The fourth-order valence-electron chi connectivity index (χ4n) is 1.36. The number of benzene rings is 1. The number of aliphatic carboxylic acids is 1. The fourth-order valence-corrected chi connectivity index (χ4v) is 1.75. The van der Waals surface area contributed by atoms with Gasteiger partial charge in [-0.2, -0.15) is 0 Å². The first-order valence-corrected chi connectivity index (χ1v) is 4.97. The Bertz CT molecular complexity index is 459. The Labute approximate surface area is 96.3 Å². The number of alkyl halides is 1. The molecule has 0 bridgehead atoms. The van der Waals surface area contributed by atoms with E-state index in [1.807, 2.05) is 6.07 Å². The molecule has 1 aliphatic rings. The van der Waals surface area contributed by atoms with Gasteiger partial charge < -0.3 is 10.4 Å². The van der Waals surface area contributed by atoms with Crippen molar-refractivity contribution in [2.24, 2.45) is 0 Å². The summed E-state index contributed by atoms with van der Waals surface area (Å²) in [5, 5.41) is 12.1. The molecule has 1 atom stereocenters. The van der Waals surface area contributed by atoms with Gasteiger partial charge in [0, 0.05) is 0 Å². The van der Waals surface area contributed by atoms with Crippen molar-refractivity contribution in [1.29, 1.82) is 0 Å². The van der Waals surface area contributed by atoms with Gasteiger partial charge in [-0.05, 0) is 17.7 Å². The summed E-state index contributed by atoms with van der Waals surface area (Å²) < 4.78 is 0. The van der Waals surface area contributed by atoms with Gasteiger partial charge in [0.05, 0.1) is 10.7 Å². The third kappa shape index (κ3) is 1.68. The average molecular weight is 244 g/mol. The van der Waals surface area contributed by atoms with Gasteiger partial charge >= 0.3 is 5.97 Å². The van der Waals surface area contributed by atoms with Gasteiger partial charge in [0.25, 0.3) is 0 Å². The van der Waals surface area contributed by atoms with Gasteiger partial charge in [0.2, 0.25) is 5.00 Å². The molecule has 2 N–H and O–H groups in total. The molecule has 1 unspecified atom stereocenters. The Kier molecular flexibility index (Phi) is 2.37. The van der Waals surface area contributed by atoms with Crippen LogP contribution in [0.25, 0.3) is 6.08 Å². The summed E-state index contributed by atoms with van der Waals surface area (Å²) in [6, 6.07) is 5.28. The van der Waals surface area contributed by atoms with Crippen molar-refractivity contribution < 1.29 is 9.90 Å². The normalized spacial score (nSPS) is 23.1. The average Bonchev–Trinajstić information content (AvgIpc) is 2.19. The molecule has 0 fully saturated rings. The number of rotatable bonds is 1. The van der Waals surface area contributed by atoms with E-state index in [-0.39, 0.29) is 0 Å². The van der Waals surface area contributed by atoms with Gasteiger partial charge in [0.1, 0.15) is 0 Å². The Hall–Kier alpha value is -1.19. The molecular formula is C10H7Cl2NO2. The summed E-state index contributed by atoms with van der Waals surface area (Å²) in [6.07, 6.45) is 3.02. The van der Waals surface area contributed by atoms with Gasteiger partial charge in [-0.3, -0.25) is 0 Å². The molecule has 78 valence electrons. The molecule has 0 aliphatic carbocycles. The van der Waals surface area contributed by atoms with E-state index in [1.54, 1.807) is 18.2 Å². The van der Waals surface area contributed by atoms with Crippen LogP contribution in [-0.2, 0) is 4.79 Å². The minimum absolute atomic E-state index is 0.447. The number of para-hydroxylation sites is 1. The standard InChI is InChI=1S/C10H7Cl2NO2/c11-7-3-1-2-6-4-5-10(12,9(14)15)13-8(6)7/h1-5,13H,(H,14,15). The van der Waals surface area contributed by atoms with Gasteiger partial charge in [-0.25, -0.2) is 4.79 Å². The van der Waals surface area contributed by atoms with Crippen molar-refractivity contribution >= 4 is 40.9 Å². The minimum atomic E-state index is -1.61. The van der Waals surface area contributed by atoms with Crippen LogP contribution in [0.3, 0.4) is 0 Å². The zero-order chi connectivity index (χ0) is 11.1.